The van der Waals surface area contributed by atoms with Crippen LogP contribution in [0.5, 0.6) is 0 Å². The third kappa shape index (κ3) is 5.30. The molecule has 0 fully saturated rings. The Morgan fingerprint density at radius 3 is 1.92 bits per heavy atom. The largest absolute Gasteiger partial charge is 0.314 e. The lowest BCUT2D eigenvalue weighted by Gasteiger charge is -2.26. The summed E-state index contributed by atoms with van der Waals surface area (Å²) >= 11 is 0. The topological polar surface area (TPSA) is 12.0 Å². The zero-order chi connectivity index (χ0) is 10.1. The molecule has 0 aromatic carbocycles. The molecule has 1 N–H and O–H groups in total. The second-order valence-electron chi connectivity index (χ2n) is 3.93. The Morgan fingerprint density at radius 2 is 1.54 bits per heavy atom. The van der Waals surface area contributed by atoms with Gasteiger partial charge in [-0.25, -0.2) is 0 Å². The van der Waals surface area contributed by atoms with E-state index >= 15 is 0 Å². The van der Waals surface area contributed by atoms with Gasteiger partial charge < -0.3 is 5.32 Å². The Labute approximate surface area is 84.3 Å². The summed E-state index contributed by atoms with van der Waals surface area (Å²) in [7, 11) is 0. The van der Waals surface area contributed by atoms with Gasteiger partial charge in [0.2, 0.25) is 0 Å². The molecule has 0 aliphatic heterocycles. The molecule has 0 heterocycles. The first-order chi connectivity index (χ1) is 6.29. The predicted molar refractivity (Wildman–Crippen MR) is 61.1 cm³/mol. The van der Waals surface area contributed by atoms with Crippen LogP contribution in [0.2, 0.25) is 0 Å². The highest BCUT2D eigenvalue weighted by Gasteiger charge is 2.15. The molecule has 0 radical (unpaired) electrons. The second-order valence-corrected chi connectivity index (χ2v) is 3.93. The molecular formula is C12H27N. The molecule has 0 spiro atoms. The van der Waals surface area contributed by atoms with Crippen molar-refractivity contribution in [1.29, 1.82) is 0 Å². The van der Waals surface area contributed by atoms with E-state index in [-0.39, 0.29) is 0 Å². The lowest BCUT2D eigenvalue weighted by molar-refractivity contribution is 0.316. The molecule has 1 atom stereocenters. The maximum atomic E-state index is 3.67. The van der Waals surface area contributed by atoms with Gasteiger partial charge in [0.1, 0.15) is 0 Å². The van der Waals surface area contributed by atoms with Crippen LogP contribution >= 0.6 is 0 Å². The van der Waals surface area contributed by atoms with Crippen LogP contribution in [0.15, 0.2) is 0 Å². The molecule has 0 aliphatic rings. The standard InChI is InChI=1S/C12H27N/c1-5-9-12(13-10-6-2)11(7-3)8-4/h11-13H,5-10H2,1-4H3. The number of rotatable bonds is 8. The highest BCUT2D eigenvalue weighted by molar-refractivity contribution is 4.73. The summed E-state index contributed by atoms with van der Waals surface area (Å²) in [5.41, 5.74) is 0. The normalized spacial score (nSPS) is 13.6. The Kier molecular flexibility index (Phi) is 8.53. The SMILES string of the molecule is CCCNC(CCC)C(CC)CC. The molecule has 0 aromatic heterocycles. The summed E-state index contributed by atoms with van der Waals surface area (Å²) in [6, 6.07) is 0.764. The van der Waals surface area contributed by atoms with Gasteiger partial charge in [-0.3, -0.25) is 0 Å². The first-order valence-corrected chi connectivity index (χ1v) is 6.03. The van der Waals surface area contributed by atoms with Gasteiger partial charge in [-0.05, 0) is 25.3 Å². The number of nitrogens with one attached hydrogen (secondary N) is 1. The number of hydrogen-bond acceptors (Lipinski definition) is 1. The molecule has 0 aromatic rings. The van der Waals surface area contributed by atoms with E-state index in [2.05, 4.69) is 33.0 Å². The van der Waals surface area contributed by atoms with E-state index in [9.17, 15) is 0 Å². The van der Waals surface area contributed by atoms with E-state index in [1.54, 1.807) is 0 Å². The fourth-order valence-electron chi connectivity index (χ4n) is 2.00. The summed E-state index contributed by atoms with van der Waals surface area (Å²) in [5.74, 6) is 0.881. The first kappa shape index (κ1) is 13.0. The lowest BCUT2D eigenvalue weighted by atomic mass is 9.91. The summed E-state index contributed by atoms with van der Waals surface area (Å²) in [4.78, 5) is 0. The van der Waals surface area contributed by atoms with Gasteiger partial charge in [0, 0.05) is 6.04 Å². The molecule has 0 saturated heterocycles. The maximum Gasteiger partial charge on any atom is 0.00950 e. The van der Waals surface area contributed by atoms with Gasteiger partial charge in [-0.2, -0.15) is 0 Å². The smallest absolute Gasteiger partial charge is 0.00950 e. The van der Waals surface area contributed by atoms with E-state index in [1.165, 1.54) is 38.6 Å². The van der Waals surface area contributed by atoms with Crippen molar-refractivity contribution in [3.05, 3.63) is 0 Å². The van der Waals surface area contributed by atoms with Gasteiger partial charge in [-0.15, -0.1) is 0 Å². The highest BCUT2D eigenvalue weighted by atomic mass is 14.9. The van der Waals surface area contributed by atoms with Crippen LogP contribution in [-0.4, -0.2) is 12.6 Å². The number of hydrogen-bond donors (Lipinski definition) is 1. The van der Waals surface area contributed by atoms with E-state index < -0.39 is 0 Å². The lowest BCUT2D eigenvalue weighted by Crippen LogP contribution is -2.36. The monoisotopic (exact) mass is 185 g/mol. The molecule has 1 nitrogen and oxygen atoms in total. The summed E-state index contributed by atoms with van der Waals surface area (Å²) in [5, 5.41) is 3.67. The third-order valence-corrected chi connectivity index (χ3v) is 2.87. The minimum absolute atomic E-state index is 0.764. The predicted octanol–water partition coefficient (Wildman–Crippen LogP) is 3.59. The zero-order valence-corrected chi connectivity index (χ0v) is 9.90. The molecule has 0 aliphatic carbocycles. The quantitative estimate of drug-likeness (QED) is 0.609. The average molecular weight is 185 g/mol. The van der Waals surface area contributed by atoms with Gasteiger partial charge in [-0.1, -0.05) is 47.0 Å². The van der Waals surface area contributed by atoms with Crippen molar-refractivity contribution in [3.8, 4) is 0 Å². The molecule has 0 amide bonds. The molecule has 0 rings (SSSR count). The van der Waals surface area contributed by atoms with Gasteiger partial charge in [0.15, 0.2) is 0 Å². The Bertz CT molecular complexity index is 97.3. The Morgan fingerprint density at radius 1 is 0.923 bits per heavy atom. The van der Waals surface area contributed by atoms with Crippen molar-refractivity contribution in [3.63, 3.8) is 0 Å². The van der Waals surface area contributed by atoms with Crippen LogP contribution in [0.4, 0.5) is 0 Å². The van der Waals surface area contributed by atoms with Crippen LogP contribution in [0.1, 0.15) is 59.8 Å². The van der Waals surface area contributed by atoms with E-state index in [1.807, 2.05) is 0 Å². The van der Waals surface area contributed by atoms with E-state index in [4.69, 9.17) is 0 Å². The summed E-state index contributed by atoms with van der Waals surface area (Å²) in [6.45, 7) is 10.3. The Hall–Kier alpha value is -0.0400. The van der Waals surface area contributed by atoms with Crippen molar-refractivity contribution >= 4 is 0 Å². The van der Waals surface area contributed by atoms with Crippen LogP contribution in [0.3, 0.4) is 0 Å². The fourth-order valence-corrected chi connectivity index (χ4v) is 2.00. The minimum Gasteiger partial charge on any atom is -0.314 e. The average Bonchev–Trinajstić information content (AvgIpc) is 2.16. The Balaban J connectivity index is 3.88. The second kappa shape index (κ2) is 8.55. The third-order valence-electron chi connectivity index (χ3n) is 2.87. The van der Waals surface area contributed by atoms with Gasteiger partial charge in [0.25, 0.3) is 0 Å². The molecule has 13 heavy (non-hydrogen) atoms. The highest BCUT2D eigenvalue weighted by Crippen LogP contribution is 2.17. The van der Waals surface area contributed by atoms with Gasteiger partial charge >= 0.3 is 0 Å². The van der Waals surface area contributed by atoms with Crippen LogP contribution in [0, 0.1) is 5.92 Å². The minimum atomic E-state index is 0.764. The van der Waals surface area contributed by atoms with Gasteiger partial charge in [0.05, 0.1) is 0 Å². The molecule has 0 saturated carbocycles. The molecule has 80 valence electrons. The van der Waals surface area contributed by atoms with Crippen molar-refractivity contribution < 1.29 is 0 Å². The van der Waals surface area contributed by atoms with E-state index in [0.29, 0.717) is 0 Å². The van der Waals surface area contributed by atoms with Crippen LogP contribution in [-0.2, 0) is 0 Å². The maximum absolute atomic E-state index is 3.67. The zero-order valence-electron chi connectivity index (χ0n) is 9.90. The first-order valence-electron chi connectivity index (χ1n) is 6.03. The summed E-state index contributed by atoms with van der Waals surface area (Å²) in [6.07, 6.45) is 6.53. The fraction of sp³-hybridized carbons (Fsp3) is 1.00. The molecular weight excluding hydrogens is 158 g/mol. The summed E-state index contributed by atoms with van der Waals surface area (Å²) < 4.78 is 0. The van der Waals surface area contributed by atoms with Crippen LogP contribution in [0.25, 0.3) is 0 Å². The molecule has 1 heteroatoms. The van der Waals surface area contributed by atoms with Crippen LogP contribution < -0.4 is 5.32 Å². The molecule has 0 bridgehead atoms. The van der Waals surface area contributed by atoms with Crippen molar-refractivity contribution in [2.45, 2.75) is 65.8 Å². The van der Waals surface area contributed by atoms with Crippen molar-refractivity contribution in [2.24, 2.45) is 5.92 Å². The molecule has 1 unspecified atom stereocenters. The van der Waals surface area contributed by atoms with Crippen molar-refractivity contribution in [2.75, 3.05) is 6.54 Å². The van der Waals surface area contributed by atoms with Crippen molar-refractivity contribution in [1.82, 2.24) is 5.32 Å². The van der Waals surface area contributed by atoms with E-state index in [0.717, 1.165) is 12.0 Å².